The van der Waals surface area contributed by atoms with E-state index in [0.717, 1.165) is 52.7 Å². The first-order chi connectivity index (χ1) is 13.0. The highest BCUT2D eigenvalue weighted by molar-refractivity contribution is 14.1. The topological polar surface area (TPSA) is 44.8 Å². The van der Waals surface area contributed by atoms with Gasteiger partial charge in [0.1, 0.15) is 5.60 Å². The molecule has 4 nitrogen and oxygen atoms in total. The summed E-state index contributed by atoms with van der Waals surface area (Å²) < 4.78 is 18.5. The van der Waals surface area contributed by atoms with Gasteiger partial charge in [-0.3, -0.25) is 4.79 Å². The minimum atomic E-state index is -0.191. The smallest absolute Gasteiger partial charge is 0.306 e. The normalized spacial score (nSPS) is 15.4. The van der Waals surface area contributed by atoms with Crippen molar-refractivity contribution in [2.24, 2.45) is 0 Å². The SMILES string of the molecule is C=Cc1cc(I)c(OCCCCC(=O)OC2(CC)CCCC2)c(OCC)c1. The zero-order valence-corrected chi connectivity index (χ0v) is 18.7. The van der Waals surface area contributed by atoms with E-state index in [1.54, 1.807) is 6.08 Å². The van der Waals surface area contributed by atoms with Gasteiger partial charge in [0.15, 0.2) is 11.5 Å². The van der Waals surface area contributed by atoms with Gasteiger partial charge in [0.2, 0.25) is 0 Å². The molecular weight excluding hydrogens is 455 g/mol. The van der Waals surface area contributed by atoms with Gasteiger partial charge in [-0.05, 0) is 92.2 Å². The number of hydrogen-bond donors (Lipinski definition) is 0. The molecule has 0 bridgehead atoms. The van der Waals surface area contributed by atoms with Crippen LogP contribution in [0.25, 0.3) is 6.08 Å². The largest absolute Gasteiger partial charge is 0.490 e. The molecule has 1 aliphatic carbocycles. The maximum atomic E-state index is 12.2. The Labute approximate surface area is 176 Å². The second-order valence-corrected chi connectivity index (χ2v) is 8.15. The van der Waals surface area contributed by atoms with Crippen LogP contribution >= 0.6 is 22.6 Å². The Balaban J connectivity index is 1.78. The molecule has 0 aromatic heterocycles. The number of ether oxygens (including phenoxy) is 3. The minimum absolute atomic E-state index is 0.0707. The summed E-state index contributed by atoms with van der Waals surface area (Å²) in [5, 5.41) is 0. The van der Waals surface area contributed by atoms with Crippen molar-refractivity contribution in [2.75, 3.05) is 13.2 Å². The number of esters is 1. The number of hydrogen-bond acceptors (Lipinski definition) is 4. The molecule has 2 rings (SSSR count). The maximum absolute atomic E-state index is 12.2. The van der Waals surface area contributed by atoms with Crippen LogP contribution in [0.5, 0.6) is 11.5 Å². The zero-order chi connectivity index (χ0) is 19.7. The van der Waals surface area contributed by atoms with Gasteiger partial charge >= 0.3 is 5.97 Å². The molecule has 0 saturated heterocycles. The Hall–Kier alpha value is -1.24. The highest BCUT2D eigenvalue weighted by Crippen LogP contribution is 2.37. The second-order valence-electron chi connectivity index (χ2n) is 6.99. The quantitative estimate of drug-likeness (QED) is 0.214. The lowest BCUT2D eigenvalue weighted by molar-refractivity contribution is -0.159. The molecule has 150 valence electrons. The van der Waals surface area contributed by atoms with Crippen LogP contribution < -0.4 is 9.47 Å². The standard InChI is InChI=1S/C22H31IO4/c1-4-17-15-18(23)21(19(16-17)25-6-3)26-14-10-7-11-20(24)27-22(5-2)12-8-9-13-22/h4,15-16H,1,5-14H2,2-3H3. The summed E-state index contributed by atoms with van der Waals surface area (Å²) >= 11 is 2.25. The molecule has 27 heavy (non-hydrogen) atoms. The van der Waals surface area contributed by atoms with Gasteiger partial charge in [0, 0.05) is 6.42 Å². The van der Waals surface area contributed by atoms with Gasteiger partial charge in [-0.25, -0.2) is 0 Å². The number of unbranched alkanes of at least 4 members (excludes halogenated alkanes) is 1. The van der Waals surface area contributed by atoms with Crippen molar-refractivity contribution in [3.63, 3.8) is 0 Å². The summed E-state index contributed by atoms with van der Waals surface area (Å²) in [7, 11) is 0. The Morgan fingerprint density at radius 1 is 1.22 bits per heavy atom. The average Bonchev–Trinajstić information content (AvgIpc) is 3.12. The summed E-state index contributed by atoms with van der Waals surface area (Å²) in [5.74, 6) is 1.44. The summed E-state index contributed by atoms with van der Waals surface area (Å²) in [5.41, 5.74) is 0.818. The molecule has 1 aliphatic rings. The van der Waals surface area contributed by atoms with E-state index in [-0.39, 0.29) is 11.6 Å². The third kappa shape index (κ3) is 6.40. The van der Waals surface area contributed by atoms with Crippen molar-refractivity contribution in [3.8, 4) is 11.5 Å². The third-order valence-corrected chi connectivity index (χ3v) is 5.88. The van der Waals surface area contributed by atoms with Gasteiger partial charge in [0.05, 0.1) is 16.8 Å². The highest BCUT2D eigenvalue weighted by Gasteiger charge is 2.35. The van der Waals surface area contributed by atoms with Crippen LogP contribution in [0.15, 0.2) is 18.7 Å². The molecule has 0 amide bonds. The minimum Gasteiger partial charge on any atom is -0.490 e. The second kappa shape index (κ2) is 10.9. The summed E-state index contributed by atoms with van der Waals surface area (Å²) in [6, 6.07) is 3.96. The molecule has 0 aliphatic heterocycles. The van der Waals surface area contributed by atoms with E-state index in [1.807, 2.05) is 19.1 Å². The van der Waals surface area contributed by atoms with Crippen LogP contribution in [0, 0.1) is 3.57 Å². The summed E-state index contributed by atoms with van der Waals surface area (Å²) in [4.78, 5) is 12.2. The molecular formula is C22H31IO4. The lowest BCUT2D eigenvalue weighted by atomic mass is 9.99. The van der Waals surface area contributed by atoms with E-state index in [2.05, 4.69) is 36.1 Å². The van der Waals surface area contributed by atoms with Crippen LogP contribution in [0.3, 0.4) is 0 Å². The van der Waals surface area contributed by atoms with Crippen LogP contribution in [0.1, 0.15) is 70.8 Å². The average molecular weight is 486 g/mol. The molecule has 0 atom stereocenters. The highest BCUT2D eigenvalue weighted by atomic mass is 127. The number of rotatable bonds is 11. The van der Waals surface area contributed by atoms with Gasteiger partial charge < -0.3 is 14.2 Å². The van der Waals surface area contributed by atoms with Crippen molar-refractivity contribution in [1.29, 1.82) is 0 Å². The van der Waals surface area contributed by atoms with Crippen molar-refractivity contribution < 1.29 is 19.0 Å². The molecule has 1 fully saturated rings. The predicted octanol–water partition coefficient (Wildman–Crippen LogP) is 6.15. The van der Waals surface area contributed by atoms with E-state index >= 15 is 0 Å². The first kappa shape index (κ1) is 22.1. The van der Waals surface area contributed by atoms with E-state index in [0.29, 0.717) is 19.6 Å². The monoisotopic (exact) mass is 486 g/mol. The van der Waals surface area contributed by atoms with Gasteiger partial charge in [-0.15, -0.1) is 0 Å². The Bertz CT molecular complexity index is 635. The zero-order valence-electron chi connectivity index (χ0n) is 16.5. The van der Waals surface area contributed by atoms with Gasteiger partial charge in [0.25, 0.3) is 0 Å². The number of halogens is 1. The Morgan fingerprint density at radius 2 is 1.96 bits per heavy atom. The van der Waals surface area contributed by atoms with Crippen molar-refractivity contribution in [1.82, 2.24) is 0 Å². The maximum Gasteiger partial charge on any atom is 0.306 e. The van der Waals surface area contributed by atoms with Crippen molar-refractivity contribution in [3.05, 3.63) is 27.8 Å². The number of carbonyl (C=O) groups excluding carboxylic acids is 1. The van der Waals surface area contributed by atoms with Gasteiger partial charge in [-0.2, -0.15) is 0 Å². The fourth-order valence-electron chi connectivity index (χ4n) is 3.49. The molecule has 0 unspecified atom stereocenters. The lowest BCUT2D eigenvalue weighted by Gasteiger charge is -2.27. The first-order valence-electron chi connectivity index (χ1n) is 9.97. The van der Waals surface area contributed by atoms with Crippen molar-refractivity contribution in [2.45, 2.75) is 70.8 Å². The van der Waals surface area contributed by atoms with E-state index in [4.69, 9.17) is 14.2 Å². The lowest BCUT2D eigenvalue weighted by Crippen LogP contribution is -2.31. The van der Waals surface area contributed by atoms with Gasteiger partial charge in [-0.1, -0.05) is 19.6 Å². The third-order valence-electron chi connectivity index (χ3n) is 5.08. The Morgan fingerprint density at radius 3 is 2.59 bits per heavy atom. The van der Waals surface area contributed by atoms with E-state index in [9.17, 15) is 4.79 Å². The molecule has 1 saturated carbocycles. The van der Waals surface area contributed by atoms with Crippen LogP contribution in [0.4, 0.5) is 0 Å². The molecule has 1 aromatic carbocycles. The summed E-state index contributed by atoms with van der Waals surface area (Å²) in [6.45, 7) is 9.01. The molecule has 0 heterocycles. The van der Waals surface area contributed by atoms with E-state index in [1.165, 1.54) is 12.8 Å². The molecule has 1 aromatic rings. The summed E-state index contributed by atoms with van der Waals surface area (Å²) in [6.07, 6.45) is 9.10. The fraction of sp³-hybridized carbons (Fsp3) is 0.591. The number of benzene rings is 1. The molecule has 0 N–H and O–H groups in total. The fourth-order valence-corrected chi connectivity index (χ4v) is 4.28. The Kier molecular flexibility index (Phi) is 8.93. The molecule has 0 radical (unpaired) electrons. The van der Waals surface area contributed by atoms with Crippen molar-refractivity contribution >= 4 is 34.6 Å². The molecule has 5 heteroatoms. The van der Waals surface area contributed by atoms with Crippen LogP contribution in [0.2, 0.25) is 0 Å². The molecule has 0 spiro atoms. The van der Waals surface area contributed by atoms with Crippen LogP contribution in [-0.2, 0) is 9.53 Å². The van der Waals surface area contributed by atoms with Crippen LogP contribution in [-0.4, -0.2) is 24.8 Å². The predicted molar refractivity (Wildman–Crippen MR) is 117 cm³/mol. The van der Waals surface area contributed by atoms with E-state index < -0.39 is 0 Å². The number of carbonyl (C=O) groups is 1. The first-order valence-corrected chi connectivity index (χ1v) is 11.0.